The van der Waals surface area contributed by atoms with Gasteiger partial charge in [-0.3, -0.25) is 4.79 Å². The number of rotatable bonds is 6. The van der Waals surface area contributed by atoms with Crippen LogP contribution in [-0.2, 0) is 4.79 Å². The van der Waals surface area contributed by atoms with Gasteiger partial charge in [-0.1, -0.05) is 28.8 Å². The summed E-state index contributed by atoms with van der Waals surface area (Å²) in [7, 11) is 0. The summed E-state index contributed by atoms with van der Waals surface area (Å²) in [5, 5.41) is 0.961. The zero-order chi connectivity index (χ0) is 13.5. The van der Waals surface area contributed by atoms with Crippen molar-refractivity contribution in [1.82, 2.24) is 9.80 Å². The lowest BCUT2D eigenvalue weighted by Crippen LogP contribution is -2.29. The van der Waals surface area contributed by atoms with Crippen molar-refractivity contribution >= 4 is 21.8 Å². The van der Waals surface area contributed by atoms with Crippen LogP contribution < -0.4 is 0 Å². The second-order valence-corrected chi connectivity index (χ2v) is 6.67. The van der Waals surface area contributed by atoms with Crippen molar-refractivity contribution in [3.05, 3.63) is 0 Å². The summed E-state index contributed by atoms with van der Waals surface area (Å²) >= 11 is 3.49. The second-order valence-electron chi connectivity index (χ2n) is 6.03. The Morgan fingerprint density at radius 3 is 2.37 bits per heavy atom. The van der Waals surface area contributed by atoms with E-state index in [1.54, 1.807) is 0 Å². The molecule has 0 aliphatic carbocycles. The molecule has 1 atom stereocenters. The first-order chi connectivity index (χ1) is 9.29. The Kier molecular flexibility index (Phi) is 6.65. The van der Waals surface area contributed by atoms with Crippen molar-refractivity contribution in [3.8, 4) is 0 Å². The van der Waals surface area contributed by atoms with Crippen molar-refractivity contribution in [3.63, 3.8) is 0 Å². The summed E-state index contributed by atoms with van der Waals surface area (Å²) in [6.45, 7) is 5.73. The fraction of sp³-hybridized carbons (Fsp3) is 0.933. The van der Waals surface area contributed by atoms with E-state index in [2.05, 4.69) is 25.7 Å². The molecule has 2 rings (SSSR count). The molecule has 1 unspecified atom stereocenters. The first-order valence-corrected chi connectivity index (χ1v) is 8.98. The fourth-order valence-electron chi connectivity index (χ4n) is 3.17. The van der Waals surface area contributed by atoms with E-state index < -0.39 is 0 Å². The highest BCUT2D eigenvalue weighted by atomic mass is 79.9. The number of carbonyl (C=O) groups excluding carboxylic acids is 1. The van der Waals surface area contributed by atoms with Crippen molar-refractivity contribution < 1.29 is 4.79 Å². The summed E-state index contributed by atoms with van der Waals surface area (Å²) in [4.78, 5) is 16.5. The number of halogens is 1. The maximum Gasteiger partial charge on any atom is 0.222 e. The fourth-order valence-corrected chi connectivity index (χ4v) is 3.60. The summed E-state index contributed by atoms with van der Waals surface area (Å²) in [6, 6.07) is 0. The van der Waals surface area contributed by atoms with Crippen molar-refractivity contribution in [2.75, 3.05) is 38.1 Å². The van der Waals surface area contributed by atoms with E-state index in [-0.39, 0.29) is 0 Å². The largest absolute Gasteiger partial charge is 0.342 e. The molecular formula is C15H27BrN2O. The molecule has 0 aromatic carbocycles. The van der Waals surface area contributed by atoms with E-state index in [0.29, 0.717) is 11.8 Å². The molecule has 2 aliphatic heterocycles. The first-order valence-electron chi connectivity index (χ1n) is 7.85. The van der Waals surface area contributed by atoms with Gasteiger partial charge in [0.05, 0.1) is 0 Å². The number of hydrogen-bond donors (Lipinski definition) is 0. The van der Waals surface area contributed by atoms with Crippen LogP contribution in [0, 0.1) is 5.92 Å². The van der Waals surface area contributed by atoms with E-state index in [4.69, 9.17) is 0 Å². The van der Waals surface area contributed by atoms with Gasteiger partial charge in [0.25, 0.3) is 0 Å². The number of amides is 1. The monoisotopic (exact) mass is 330 g/mol. The van der Waals surface area contributed by atoms with Gasteiger partial charge in [-0.15, -0.1) is 0 Å². The number of likely N-dealkylation sites (tertiary alicyclic amines) is 2. The minimum atomic E-state index is 0.360. The van der Waals surface area contributed by atoms with Crippen molar-refractivity contribution in [1.29, 1.82) is 0 Å². The normalized spacial score (nSPS) is 25.8. The third-order valence-electron chi connectivity index (χ3n) is 4.36. The molecular weight excluding hydrogens is 304 g/mol. The van der Waals surface area contributed by atoms with Crippen LogP contribution in [-0.4, -0.2) is 53.8 Å². The Morgan fingerprint density at radius 2 is 1.74 bits per heavy atom. The van der Waals surface area contributed by atoms with Gasteiger partial charge >= 0.3 is 0 Å². The minimum Gasteiger partial charge on any atom is -0.342 e. The number of carbonyl (C=O) groups is 1. The summed E-state index contributed by atoms with van der Waals surface area (Å²) in [5.74, 6) is 0.900. The maximum absolute atomic E-state index is 11.8. The molecule has 0 bridgehead atoms. The molecule has 0 N–H and O–H groups in total. The van der Waals surface area contributed by atoms with E-state index in [0.717, 1.165) is 31.3 Å². The van der Waals surface area contributed by atoms with Gasteiger partial charge in [0.15, 0.2) is 0 Å². The molecule has 0 saturated carbocycles. The maximum atomic E-state index is 11.8. The molecule has 0 aromatic rings. The van der Waals surface area contributed by atoms with Crippen LogP contribution in [0.3, 0.4) is 0 Å². The Morgan fingerprint density at radius 1 is 1.05 bits per heavy atom. The number of hydrogen-bond acceptors (Lipinski definition) is 2. The van der Waals surface area contributed by atoms with E-state index >= 15 is 0 Å². The lowest BCUT2D eigenvalue weighted by atomic mass is 10.2. The van der Waals surface area contributed by atoms with Crippen LogP contribution >= 0.6 is 15.9 Å². The molecule has 1 amide bonds. The van der Waals surface area contributed by atoms with Gasteiger partial charge in [0, 0.05) is 24.8 Å². The molecule has 0 spiro atoms. The molecule has 3 nitrogen and oxygen atoms in total. The average molecular weight is 331 g/mol. The highest BCUT2D eigenvalue weighted by Gasteiger charge is 2.27. The quantitative estimate of drug-likeness (QED) is 0.552. The van der Waals surface area contributed by atoms with Crippen LogP contribution in [0.5, 0.6) is 0 Å². The molecule has 0 aromatic heterocycles. The van der Waals surface area contributed by atoms with Crippen molar-refractivity contribution in [2.24, 2.45) is 5.92 Å². The molecule has 19 heavy (non-hydrogen) atoms. The summed E-state index contributed by atoms with van der Waals surface area (Å²) in [5.41, 5.74) is 0. The Bertz CT molecular complexity index is 277. The van der Waals surface area contributed by atoms with Crippen LogP contribution in [0.25, 0.3) is 0 Å². The summed E-state index contributed by atoms with van der Waals surface area (Å²) in [6.07, 6.45) is 8.71. The topological polar surface area (TPSA) is 23.6 Å². The molecule has 110 valence electrons. The van der Waals surface area contributed by atoms with Gasteiger partial charge in [-0.2, -0.15) is 0 Å². The molecule has 0 radical (unpaired) electrons. The van der Waals surface area contributed by atoms with E-state index in [1.807, 2.05) is 0 Å². The zero-order valence-corrected chi connectivity index (χ0v) is 13.5. The van der Waals surface area contributed by atoms with E-state index in [9.17, 15) is 4.79 Å². The standard InChI is InChI=1S/C15H27BrN2O/c16-12-14-11-15(19)18(13-14)10-6-5-9-17-7-3-1-2-4-8-17/h14H,1-13H2. The Balaban J connectivity index is 1.57. The highest BCUT2D eigenvalue weighted by Crippen LogP contribution is 2.20. The van der Waals surface area contributed by atoms with Gasteiger partial charge in [-0.05, 0) is 51.2 Å². The molecule has 2 heterocycles. The molecule has 2 aliphatic rings. The summed E-state index contributed by atoms with van der Waals surface area (Å²) < 4.78 is 0. The number of nitrogens with zero attached hydrogens (tertiary/aromatic N) is 2. The molecule has 2 fully saturated rings. The zero-order valence-electron chi connectivity index (χ0n) is 12.0. The van der Waals surface area contributed by atoms with Crippen LogP contribution in [0.4, 0.5) is 0 Å². The third-order valence-corrected chi connectivity index (χ3v) is 5.28. The second kappa shape index (κ2) is 8.25. The lowest BCUT2D eigenvalue weighted by Gasteiger charge is -2.21. The van der Waals surface area contributed by atoms with Gasteiger partial charge in [0.2, 0.25) is 5.91 Å². The number of unbranched alkanes of at least 4 members (excludes halogenated alkanes) is 1. The SMILES string of the molecule is O=C1CC(CBr)CN1CCCCN1CCCCCC1. The van der Waals surface area contributed by atoms with Crippen LogP contribution in [0.1, 0.15) is 44.9 Å². The first kappa shape index (κ1) is 15.3. The Labute approximate surface area is 125 Å². The van der Waals surface area contributed by atoms with Crippen molar-refractivity contribution in [2.45, 2.75) is 44.9 Å². The molecule has 4 heteroatoms. The smallest absolute Gasteiger partial charge is 0.222 e. The predicted molar refractivity (Wildman–Crippen MR) is 82.6 cm³/mol. The minimum absolute atomic E-state index is 0.360. The predicted octanol–water partition coefficient (Wildman–Crippen LogP) is 2.89. The van der Waals surface area contributed by atoms with Crippen LogP contribution in [0.2, 0.25) is 0 Å². The third kappa shape index (κ3) is 5.07. The number of alkyl halides is 1. The van der Waals surface area contributed by atoms with Gasteiger partial charge in [-0.25, -0.2) is 0 Å². The molecule has 2 saturated heterocycles. The average Bonchev–Trinajstić information content (AvgIpc) is 2.63. The Hall–Kier alpha value is -0.0900. The van der Waals surface area contributed by atoms with Gasteiger partial charge < -0.3 is 9.80 Å². The lowest BCUT2D eigenvalue weighted by molar-refractivity contribution is -0.127. The van der Waals surface area contributed by atoms with E-state index in [1.165, 1.54) is 51.7 Å². The van der Waals surface area contributed by atoms with Gasteiger partial charge in [0.1, 0.15) is 0 Å². The highest BCUT2D eigenvalue weighted by molar-refractivity contribution is 9.09. The van der Waals surface area contributed by atoms with Crippen LogP contribution in [0.15, 0.2) is 0 Å².